The van der Waals surface area contributed by atoms with Gasteiger partial charge in [-0.3, -0.25) is 5.10 Å². The van der Waals surface area contributed by atoms with Crippen LogP contribution in [0.25, 0.3) is 44.5 Å². The third-order valence-electron chi connectivity index (χ3n) is 4.73. The summed E-state index contributed by atoms with van der Waals surface area (Å²) in [6, 6.07) is 19.0. The van der Waals surface area contributed by atoms with Gasteiger partial charge in [0.15, 0.2) is 5.65 Å². The fourth-order valence-electron chi connectivity index (χ4n) is 3.23. The Balaban J connectivity index is 1.61. The first-order valence-corrected chi connectivity index (χ1v) is 9.46. The summed E-state index contributed by atoms with van der Waals surface area (Å²) >= 11 is 2.36. The van der Waals surface area contributed by atoms with Crippen molar-refractivity contribution in [1.29, 1.82) is 0 Å². The van der Waals surface area contributed by atoms with Crippen molar-refractivity contribution >= 4 is 44.5 Å². The van der Waals surface area contributed by atoms with Crippen LogP contribution in [-0.2, 0) is 0 Å². The lowest BCUT2D eigenvalue weighted by atomic mass is 10.1. The van der Waals surface area contributed by atoms with Crippen LogP contribution >= 0.6 is 22.6 Å². The van der Waals surface area contributed by atoms with Crippen molar-refractivity contribution in [2.24, 2.45) is 0 Å². The molecule has 5 aromatic rings. The molecule has 0 amide bonds. The van der Waals surface area contributed by atoms with Crippen molar-refractivity contribution in [3.63, 3.8) is 0 Å². The van der Waals surface area contributed by atoms with Crippen molar-refractivity contribution in [3.05, 3.63) is 69.9 Å². The van der Waals surface area contributed by atoms with Crippen molar-refractivity contribution in [2.45, 2.75) is 6.92 Å². The average Bonchev–Trinajstić information content (AvgIpc) is 3.29. The third-order valence-corrected chi connectivity index (χ3v) is 5.89. The summed E-state index contributed by atoms with van der Waals surface area (Å²) in [5.41, 5.74) is 7.27. The van der Waals surface area contributed by atoms with Gasteiger partial charge in [0, 0.05) is 31.8 Å². The molecule has 3 heterocycles. The van der Waals surface area contributed by atoms with Crippen LogP contribution in [-0.4, -0.2) is 20.2 Å². The molecule has 26 heavy (non-hydrogen) atoms. The Labute approximate surface area is 163 Å². The Hall–Kier alpha value is -2.67. The number of benzene rings is 2. The van der Waals surface area contributed by atoms with Crippen molar-refractivity contribution in [3.8, 4) is 22.5 Å². The largest absolute Gasteiger partial charge is 0.361 e. The minimum absolute atomic E-state index is 0.736. The second-order valence-corrected chi connectivity index (χ2v) is 7.57. The van der Waals surface area contributed by atoms with Crippen molar-refractivity contribution < 1.29 is 0 Å². The van der Waals surface area contributed by atoms with E-state index >= 15 is 0 Å². The number of aryl methyl sites for hydroxylation is 1. The van der Waals surface area contributed by atoms with E-state index in [0.29, 0.717) is 0 Å². The standard InChI is InChI=1S/C21H15IN4/c1-12-2-3-15(10-17(12)22)20-16-6-7-18(24-21(16)26-25-20)14-5-4-13-8-9-23-19(13)11-14/h2-11,23H,1H3,(H,24,25,26). The number of pyridine rings is 1. The summed E-state index contributed by atoms with van der Waals surface area (Å²) in [6.07, 6.45) is 1.95. The molecule has 0 aliphatic rings. The molecule has 126 valence electrons. The first-order chi connectivity index (χ1) is 12.7. The molecule has 0 saturated carbocycles. The van der Waals surface area contributed by atoms with Crippen LogP contribution in [0.1, 0.15) is 5.56 Å². The Morgan fingerprint density at radius 3 is 2.69 bits per heavy atom. The van der Waals surface area contributed by atoms with Gasteiger partial charge in [0.25, 0.3) is 0 Å². The molecule has 0 aliphatic heterocycles. The van der Waals surface area contributed by atoms with E-state index in [1.807, 2.05) is 6.20 Å². The van der Waals surface area contributed by atoms with Crippen molar-refractivity contribution in [1.82, 2.24) is 20.2 Å². The highest BCUT2D eigenvalue weighted by atomic mass is 127. The number of hydrogen-bond donors (Lipinski definition) is 2. The van der Waals surface area contributed by atoms with Crippen molar-refractivity contribution in [2.75, 3.05) is 0 Å². The molecule has 0 aliphatic carbocycles. The Morgan fingerprint density at radius 2 is 1.81 bits per heavy atom. The summed E-state index contributed by atoms with van der Waals surface area (Å²) in [5, 5.41) is 9.83. The van der Waals surface area contributed by atoms with E-state index in [9.17, 15) is 0 Å². The van der Waals surface area contributed by atoms with Gasteiger partial charge >= 0.3 is 0 Å². The zero-order valence-electron chi connectivity index (χ0n) is 14.0. The number of halogens is 1. The highest BCUT2D eigenvalue weighted by Gasteiger charge is 2.11. The van der Waals surface area contributed by atoms with Crippen LogP contribution in [0.3, 0.4) is 0 Å². The van der Waals surface area contributed by atoms with Crippen LogP contribution < -0.4 is 0 Å². The molecule has 0 spiro atoms. The van der Waals surface area contributed by atoms with Gasteiger partial charge in [0.2, 0.25) is 0 Å². The van der Waals surface area contributed by atoms with E-state index in [2.05, 4.69) is 99.3 Å². The summed E-state index contributed by atoms with van der Waals surface area (Å²) < 4.78 is 1.24. The normalized spacial score (nSPS) is 11.5. The Bertz CT molecular complexity index is 1270. The minimum Gasteiger partial charge on any atom is -0.361 e. The zero-order valence-corrected chi connectivity index (χ0v) is 16.2. The molecule has 0 radical (unpaired) electrons. The van der Waals surface area contributed by atoms with Crippen LogP contribution in [0.5, 0.6) is 0 Å². The summed E-state index contributed by atoms with van der Waals surface area (Å²) in [4.78, 5) is 8.02. The van der Waals surface area contributed by atoms with E-state index in [0.717, 1.165) is 39.1 Å². The maximum Gasteiger partial charge on any atom is 0.182 e. The second kappa shape index (κ2) is 5.95. The fraction of sp³-hybridized carbons (Fsp3) is 0.0476. The molecule has 0 unspecified atom stereocenters. The molecule has 5 rings (SSSR count). The molecular formula is C21H15IN4. The first kappa shape index (κ1) is 15.6. The molecule has 0 saturated heterocycles. The average molecular weight is 450 g/mol. The molecule has 3 aromatic heterocycles. The van der Waals surface area contributed by atoms with E-state index in [4.69, 9.17) is 4.98 Å². The summed E-state index contributed by atoms with van der Waals surface area (Å²) in [6.45, 7) is 2.12. The number of rotatable bonds is 2. The highest BCUT2D eigenvalue weighted by Crippen LogP contribution is 2.30. The lowest BCUT2D eigenvalue weighted by Crippen LogP contribution is -1.86. The number of fused-ring (bicyclic) bond motifs is 2. The predicted octanol–water partition coefficient (Wildman–Crippen LogP) is 5.69. The van der Waals surface area contributed by atoms with Gasteiger partial charge in [0.05, 0.1) is 11.4 Å². The molecule has 2 aromatic carbocycles. The van der Waals surface area contributed by atoms with E-state index in [1.165, 1.54) is 14.5 Å². The number of aromatic nitrogens is 4. The maximum atomic E-state index is 4.76. The molecule has 2 N–H and O–H groups in total. The van der Waals surface area contributed by atoms with Gasteiger partial charge in [-0.1, -0.05) is 24.3 Å². The van der Waals surface area contributed by atoms with Crippen LogP contribution in [0.15, 0.2) is 60.8 Å². The van der Waals surface area contributed by atoms with Gasteiger partial charge < -0.3 is 4.98 Å². The predicted molar refractivity (Wildman–Crippen MR) is 114 cm³/mol. The molecule has 0 fully saturated rings. The second-order valence-electron chi connectivity index (χ2n) is 6.41. The van der Waals surface area contributed by atoms with Gasteiger partial charge in [-0.05, 0) is 70.8 Å². The number of hydrogen-bond acceptors (Lipinski definition) is 2. The molecule has 0 bridgehead atoms. The monoisotopic (exact) mass is 450 g/mol. The van der Waals surface area contributed by atoms with E-state index in [1.54, 1.807) is 0 Å². The van der Waals surface area contributed by atoms with Crippen LogP contribution in [0.2, 0.25) is 0 Å². The van der Waals surface area contributed by atoms with Gasteiger partial charge in [-0.15, -0.1) is 0 Å². The Morgan fingerprint density at radius 1 is 0.923 bits per heavy atom. The number of aromatic amines is 2. The summed E-state index contributed by atoms with van der Waals surface area (Å²) in [5.74, 6) is 0. The fourth-order valence-corrected chi connectivity index (χ4v) is 3.75. The smallest absolute Gasteiger partial charge is 0.182 e. The molecule has 0 atom stereocenters. The SMILES string of the molecule is Cc1ccc(-c2[nH]nc3nc(-c4ccc5cc[nH]c5c4)ccc23)cc1I. The molecule has 4 nitrogen and oxygen atoms in total. The number of H-pyrrole nitrogens is 2. The lowest BCUT2D eigenvalue weighted by Gasteiger charge is -2.04. The molecular weight excluding hydrogens is 435 g/mol. The number of nitrogens with one attached hydrogen (secondary N) is 2. The highest BCUT2D eigenvalue weighted by molar-refractivity contribution is 14.1. The van der Waals surface area contributed by atoms with Crippen LogP contribution in [0.4, 0.5) is 0 Å². The van der Waals surface area contributed by atoms with Crippen LogP contribution in [0, 0.1) is 10.5 Å². The summed E-state index contributed by atoms with van der Waals surface area (Å²) in [7, 11) is 0. The van der Waals surface area contributed by atoms with E-state index in [-0.39, 0.29) is 0 Å². The molecule has 5 heteroatoms. The Kier molecular flexibility index (Phi) is 3.56. The van der Waals surface area contributed by atoms with Gasteiger partial charge in [0.1, 0.15) is 0 Å². The van der Waals surface area contributed by atoms with Gasteiger partial charge in [-0.2, -0.15) is 5.10 Å². The number of nitrogens with zero attached hydrogens (tertiary/aromatic N) is 2. The van der Waals surface area contributed by atoms with Gasteiger partial charge in [-0.25, -0.2) is 4.98 Å². The van der Waals surface area contributed by atoms with E-state index < -0.39 is 0 Å². The first-order valence-electron chi connectivity index (χ1n) is 8.38. The quantitative estimate of drug-likeness (QED) is 0.340. The minimum atomic E-state index is 0.736. The third kappa shape index (κ3) is 2.50. The lowest BCUT2D eigenvalue weighted by molar-refractivity contribution is 1.10. The zero-order chi connectivity index (χ0) is 17.7. The maximum absolute atomic E-state index is 4.76. The topological polar surface area (TPSA) is 57.4 Å².